The molecule has 0 aliphatic carbocycles. The lowest BCUT2D eigenvalue weighted by atomic mass is 10.1. The highest BCUT2D eigenvalue weighted by Gasteiger charge is 2.09. The van der Waals surface area contributed by atoms with E-state index in [2.05, 4.69) is 39.9 Å². The normalized spacial score (nSPS) is 10.4. The highest BCUT2D eigenvalue weighted by atomic mass is 35.5. The minimum absolute atomic E-state index is 0.239. The van der Waals surface area contributed by atoms with Crippen molar-refractivity contribution in [1.29, 1.82) is 0 Å². The van der Waals surface area contributed by atoms with E-state index in [0.717, 1.165) is 5.56 Å². The number of hydrogen-bond donors (Lipinski definition) is 2. The van der Waals surface area contributed by atoms with E-state index in [-0.39, 0.29) is 11.6 Å². The molecule has 1 heterocycles. The summed E-state index contributed by atoms with van der Waals surface area (Å²) in [4.78, 5) is 12.3. The fourth-order valence-corrected chi connectivity index (χ4v) is 2.59. The standard InChI is InChI=1S/C20H19ClN4O/c1-13-5-3-4-6-15(13)12-22-19-10-9-18(24-25-19)20(26)23-16-8-7-14(2)17(21)11-16/h3-11H,12H2,1-2H3,(H,22,25)(H,23,26). The van der Waals surface area contributed by atoms with Crippen LogP contribution in [0.3, 0.4) is 0 Å². The maximum Gasteiger partial charge on any atom is 0.276 e. The quantitative estimate of drug-likeness (QED) is 0.691. The third-order valence-corrected chi connectivity index (χ3v) is 4.46. The van der Waals surface area contributed by atoms with Crippen molar-refractivity contribution in [2.45, 2.75) is 20.4 Å². The second-order valence-corrected chi connectivity index (χ2v) is 6.41. The molecule has 0 aliphatic rings. The molecule has 2 aromatic carbocycles. The maximum absolute atomic E-state index is 12.3. The highest BCUT2D eigenvalue weighted by Crippen LogP contribution is 2.20. The Kier molecular flexibility index (Phi) is 5.49. The second-order valence-electron chi connectivity index (χ2n) is 6.00. The van der Waals surface area contributed by atoms with Crippen LogP contribution < -0.4 is 10.6 Å². The molecular weight excluding hydrogens is 348 g/mol. The molecule has 0 saturated heterocycles. The lowest BCUT2D eigenvalue weighted by Crippen LogP contribution is -2.15. The monoisotopic (exact) mass is 366 g/mol. The third-order valence-electron chi connectivity index (χ3n) is 4.05. The van der Waals surface area contributed by atoms with E-state index in [1.165, 1.54) is 11.1 Å². The molecular formula is C20H19ClN4O. The van der Waals surface area contributed by atoms with Gasteiger partial charge in [0.25, 0.3) is 5.91 Å². The van der Waals surface area contributed by atoms with Crippen molar-refractivity contribution in [3.63, 3.8) is 0 Å². The Hall–Kier alpha value is -2.92. The molecule has 0 saturated carbocycles. The second kappa shape index (κ2) is 7.97. The van der Waals surface area contributed by atoms with Crippen molar-refractivity contribution in [2.75, 3.05) is 10.6 Å². The molecule has 0 fully saturated rings. The van der Waals surface area contributed by atoms with Gasteiger partial charge in [-0.3, -0.25) is 4.79 Å². The number of anilines is 2. The van der Waals surface area contributed by atoms with Crippen LogP contribution in [0.25, 0.3) is 0 Å². The fraction of sp³-hybridized carbons (Fsp3) is 0.150. The van der Waals surface area contributed by atoms with Gasteiger partial charge in [0, 0.05) is 17.3 Å². The first-order chi connectivity index (χ1) is 12.5. The Morgan fingerprint density at radius 2 is 1.81 bits per heavy atom. The van der Waals surface area contributed by atoms with Gasteiger partial charge in [-0.25, -0.2) is 0 Å². The number of aryl methyl sites for hydroxylation is 2. The van der Waals surface area contributed by atoms with E-state index in [1.54, 1.807) is 24.3 Å². The SMILES string of the molecule is Cc1ccc(NC(=O)c2ccc(NCc3ccccc3C)nn2)cc1Cl. The van der Waals surface area contributed by atoms with Crippen LogP contribution in [0.15, 0.2) is 54.6 Å². The van der Waals surface area contributed by atoms with Crippen molar-refractivity contribution in [2.24, 2.45) is 0 Å². The van der Waals surface area contributed by atoms with Gasteiger partial charge in [-0.15, -0.1) is 10.2 Å². The number of nitrogens with one attached hydrogen (secondary N) is 2. The zero-order valence-electron chi connectivity index (χ0n) is 14.6. The average molecular weight is 367 g/mol. The van der Waals surface area contributed by atoms with Gasteiger partial charge in [-0.1, -0.05) is 41.9 Å². The molecule has 5 nitrogen and oxygen atoms in total. The van der Waals surface area contributed by atoms with Gasteiger partial charge in [-0.05, 0) is 54.8 Å². The van der Waals surface area contributed by atoms with Crippen LogP contribution >= 0.6 is 11.6 Å². The summed E-state index contributed by atoms with van der Waals surface area (Å²) in [5.41, 5.74) is 4.21. The molecule has 0 bridgehead atoms. The molecule has 0 radical (unpaired) electrons. The summed E-state index contributed by atoms with van der Waals surface area (Å²) >= 11 is 6.07. The van der Waals surface area contributed by atoms with Gasteiger partial charge in [0.2, 0.25) is 0 Å². The molecule has 0 atom stereocenters. The van der Waals surface area contributed by atoms with Crippen molar-refractivity contribution in [3.05, 3.63) is 82.0 Å². The number of carbonyl (C=O) groups excluding carboxylic acids is 1. The fourth-order valence-electron chi connectivity index (χ4n) is 2.41. The molecule has 0 unspecified atom stereocenters. The Bertz CT molecular complexity index is 925. The van der Waals surface area contributed by atoms with Crippen molar-refractivity contribution >= 4 is 29.0 Å². The van der Waals surface area contributed by atoms with Crippen LogP contribution in [0.1, 0.15) is 27.2 Å². The predicted octanol–water partition coefficient (Wildman–Crippen LogP) is 4.61. The van der Waals surface area contributed by atoms with E-state index < -0.39 is 0 Å². The van der Waals surface area contributed by atoms with E-state index in [0.29, 0.717) is 23.1 Å². The minimum Gasteiger partial charge on any atom is -0.364 e. The number of hydrogen-bond acceptors (Lipinski definition) is 4. The molecule has 132 valence electrons. The Balaban J connectivity index is 1.62. The van der Waals surface area contributed by atoms with Gasteiger partial charge in [0.15, 0.2) is 5.69 Å². The number of rotatable bonds is 5. The van der Waals surface area contributed by atoms with E-state index >= 15 is 0 Å². The summed E-state index contributed by atoms with van der Waals surface area (Å²) in [6.45, 7) is 4.62. The molecule has 0 aliphatic heterocycles. The molecule has 1 amide bonds. The number of nitrogens with zero attached hydrogens (tertiary/aromatic N) is 2. The van der Waals surface area contributed by atoms with E-state index in [4.69, 9.17) is 11.6 Å². The summed E-state index contributed by atoms with van der Waals surface area (Å²) in [6, 6.07) is 16.9. The summed E-state index contributed by atoms with van der Waals surface area (Å²) in [7, 11) is 0. The Morgan fingerprint density at radius 1 is 1.00 bits per heavy atom. The third kappa shape index (κ3) is 4.37. The Morgan fingerprint density at radius 3 is 2.50 bits per heavy atom. The molecule has 1 aromatic heterocycles. The van der Waals surface area contributed by atoms with Crippen LogP contribution in [0.2, 0.25) is 5.02 Å². The predicted molar refractivity (Wildman–Crippen MR) is 105 cm³/mol. The van der Waals surface area contributed by atoms with Gasteiger partial charge in [0.1, 0.15) is 5.82 Å². The zero-order chi connectivity index (χ0) is 18.5. The summed E-state index contributed by atoms with van der Waals surface area (Å²) in [5, 5.41) is 14.6. The summed E-state index contributed by atoms with van der Waals surface area (Å²) in [6.07, 6.45) is 0. The smallest absolute Gasteiger partial charge is 0.276 e. The van der Waals surface area contributed by atoms with Gasteiger partial charge in [-0.2, -0.15) is 0 Å². The first-order valence-corrected chi connectivity index (χ1v) is 8.60. The molecule has 6 heteroatoms. The number of benzene rings is 2. The van der Waals surface area contributed by atoms with Crippen molar-refractivity contribution in [1.82, 2.24) is 10.2 Å². The van der Waals surface area contributed by atoms with E-state index in [1.807, 2.05) is 25.1 Å². The maximum atomic E-state index is 12.3. The lowest BCUT2D eigenvalue weighted by molar-refractivity contribution is 0.102. The van der Waals surface area contributed by atoms with Crippen LogP contribution in [0.5, 0.6) is 0 Å². The van der Waals surface area contributed by atoms with Crippen LogP contribution in [0, 0.1) is 13.8 Å². The molecule has 3 aromatic rings. The first kappa shape index (κ1) is 17.9. The van der Waals surface area contributed by atoms with E-state index in [9.17, 15) is 4.79 Å². The minimum atomic E-state index is -0.331. The van der Waals surface area contributed by atoms with Crippen molar-refractivity contribution < 1.29 is 4.79 Å². The molecule has 0 spiro atoms. The number of aromatic nitrogens is 2. The number of amides is 1. The van der Waals surface area contributed by atoms with Crippen LogP contribution in [-0.2, 0) is 6.54 Å². The van der Waals surface area contributed by atoms with Crippen LogP contribution in [-0.4, -0.2) is 16.1 Å². The largest absolute Gasteiger partial charge is 0.364 e. The number of carbonyl (C=O) groups is 1. The lowest BCUT2D eigenvalue weighted by Gasteiger charge is -2.09. The van der Waals surface area contributed by atoms with Crippen molar-refractivity contribution in [3.8, 4) is 0 Å². The number of halogens is 1. The highest BCUT2D eigenvalue weighted by molar-refractivity contribution is 6.31. The van der Waals surface area contributed by atoms with Crippen LogP contribution in [0.4, 0.5) is 11.5 Å². The zero-order valence-corrected chi connectivity index (χ0v) is 15.3. The summed E-state index contributed by atoms with van der Waals surface area (Å²) < 4.78 is 0. The molecule has 26 heavy (non-hydrogen) atoms. The molecule has 2 N–H and O–H groups in total. The average Bonchev–Trinajstić information content (AvgIpc) is 2.64. The summed E-state index contributed by atoms with van der Waals surface area (Å²) in [5.74, 6) is 0.283. The van der Waals surface area contributed by atoms with Gasteiger partial charge in [0.05, 0.1) is 0 Å². The Labute approximate surface area is 157 Å². The molecule has 3 rings (SSSR count). The van der Waals surface area contributed by atoms with Gasteiger partial charge >= 0.3 is 0 Å². The topological polar surface area (TPSA) is 66.9 Å². The first-order valence-electron chi connectivity index (χ1n) is 8.22. The van der Waals surface area contributed by atoms with Gasteiger partial charge < -0.3 is 10.6 Å².